The van der Waals surface area contributed by atoms with Gasteiger partial charge in [-0.3, -0.25) is 0 Å². The Morgan fingerprint density at radius 2 is 0.538 bits per heavy atom. The standard InChI is InChI=1S/C39H57O12S/c1-40-16-19-43-22-25-46-28-31-49-34-10-4-7-13-37(34)52(38-14-8-5-11-35(38)50-32-29-47-26-23-44-20-17-41-2)39-15-9-6-12-36(39)51-33-30-48-27-24-45-21-18-42-3/h4-15H,16-33H2,1-3H3/q+1. The van der Waals surface area contributed by atoms with E-state index in [2.05, 4.69) is 18.2 Å². The van der Waals surface area contributed by atoms with Crippen LogP contribution < -0.4 is 14.2 Å². The van der Waals surface area contributed by atoms with Crippen molar-refractivity contribution in [1.29, 1.82) is 0 Å². The first kappa shape index (κ1) is 43.5. The van der Waals surface area contributed by atoms with Crippen molar-refractivity contribution in [2.24, 2.45) is 0 Å². The molecule has 13 heteroatoms. The molecule has 0 bridgehead atoms. The van der Waals surface area contributed by atoms with Crippen molar-refractivity contribution in [3.05, 3.63) is 72.8 Å². The number of hydrogen-bond donors (Lipinski definition) is 0. The van der Waals surface area contributed by atoms with E-state index in [1.54, 1.807) is 21.3 Å². The minimum atomic E-state index is -0.683. The van der Waals surface area contributed by atoms with Crippen LogP contribution in [0.3, 0.4) is 0 Å². The molecule has 0 amide bonds. The van der Waals surface area contributed by atoms with Crippen LogP contribution in [-0.2, 0) is 53.5 Å². The summed E-state index contributed by atoms with van der Waals surface area (Å²) in [6, 6.07) is 24.2. The molecule has 0 N–H and O–H groups in total. The van der Waals surface area contributed by atoms with Crippen molar-refractivity contribution in [3.8, 4) is 17.2 Å². The van der Waals surface area contributed by atoms with Crippen LogP contribution in [0.25, 0.3) is 0 Å². The molecule has 0 unspecified atom stereocenters. The Kier molecular flexibility index (Phi) is 24.7. The van der Waals surface area contributed by atoms with Gasteiger partial charge in [-0.2, -0.15) is 0 Å². The molecule has 0 saturated carbocycles. The van der Waals surface area contributed by atoms with E-state index in [1.807, 2.05) is 54.6 Å². The van der Waals surface area contributed by atoms with E-state index >= 15 is 0 Å². The third-order valence-electron chi connectivity index (χ3n) is 7.07. The first-order valence-electron chi connectivity index (χ1n) is 17.6. The van der Waals surface area contributed by atoms with Gasteiger partial charge in [-0.05, 0) is 36.4 Å². The van der Waals surface area contributed by atoms with Gasteiger partial charge in [-0.1, -0.05) is 36.4 Å². The molecular weight excluding hydrogens is 692 g/mol. The Labute approximate surface area is 312 Å². The Morgan fingerprint density at radius 1 is 0.308 bits per heavy atom. The van der Waals surface area contributed by atoms with Crippen LogP contribution in [0.2, 0.25) is 0 Å². The quantitative estimate of drug-likeness (QED) is 0.0621. The molecule has 52 heavy (non-hydrogen) atoms. The fourth-order valence-corrected chi connectivity index (χ4v) is 6.93. The maximum atomic E-state index is 6.37. The lowest BCUT2D eigenvalue weighted by Crippen LogP contribution is -2.16. The largest absolute Gasteiger partial charge is 0.486 e. The zero-order chi connectivity index (χ0) is 36.7. The van der Waals surface area contributed by atoms with Crippen LogP contribution in [0.15, 0.2) is 87.5 Å². The summed E-state index contributed by atoms with van der Waals surface area (Å²) in [6.07, 6.45) is 0. The number of methoxy groups -OCH3 is 3. The van der Waals surface area contributed by atoms with Gasteiger partial charge in [-0.15, -0.1) is 0 Å². The van der Waals surface area contributed by atoms with E-state index in [-0.39, 0.29) is 0 Å². The number of para-hydroxylation sites is 3. The average Bonchev–Trinajstić information content (AvgIpc) is 3.17. The normalized spacial score (nSPS) is 11.3. The SMILES string of the molecule is COCCOCCOCCOc1ccccc1[S+](c1ccccc1OCCOCCOCCOC)c1ccccc1OCCOCCOCCOC. The number of benzene rings is 3. The van der Waals surface area contributed by atoms with Crippen molar-refractivity contribution >= 4 is 10.9 Å². The predicted octanol–water partition coefficient (Wildman–Crippen LogP) is 4.96. The highest BCUT2D eigenvalue weighted by Gasteiger charge is 2.37. The summed E-state index contributed by atoms with van der Waals surface area (Å²) in [6.45, 7) is 8.60. The van der Waals surface area contributed by atoms with Gasteiger partial charge in [0.1, 0.15) is 30.7 Å². The monoisotopic (exact) mass is 749 g/mol. The maximum Gasteiger partial charge on any atom is 0.208 e. The van der Waals surface area contributed by atoms with Crippen LogP contribution in [0.5, 0.6) is 17.2 Å². The topological polar surface area (TPSA) is 111 Å². The average molecular weight is 750 g/mol. The van der Waals surface area contributed by atoms with E-state index < -0.39 is 10.9 Å². The van der Waals surface area contributed by atoms with Gasteiger partial charge in [0.15, 0.2) is 17.2 Å². The Balaban J connectivity index is 1.75. The molecule has 0 atom stereocenters. The van der Waals surface area contributed by atoms with Gasteiger partial charge in [0.25, 0.3) is 0 Å². The molecule has 0 aliphatic rings. The summed E-state index contributed by atoms with van der Waals surface area (Å²) in [7, 11) is 4.27. The first-order chi connectivity index (χ1) is 25.8. The highest BCUT2D eigenvalue weighted by Crippen LogP contribution is 2.43. The Hall–Kier alpha value is -2.95. The third-order valence-corrected chi connectivity index (χ3v) is 9.41. The van der Waals surface area contributed by atoms with Crippen LogP contribution in [0, 0.1) is 0 Å². The van der Waals surface area contributed by atoms with Crippen LogP contribution in [-0.4, -0.2) is 140 Å². The zero-order valence-corrected chi connectivity index (χ0v) is 31.8. The fraction of sp³-hybridized carbons (Fsp3) is 0.538. The summed E-state index contributed by atoms with van der Waals surface area (Å²) < 4.78 is 67.9. The molecule has 12 nitrogen and oxygen atoms in total. The van der Waals surface area contributed by atoms with Crippen molar-refractivity contribution < 1.29 is 56.8 Å². The number of ether oxygens (including phenoxy) is 12. The predicted molar refractivity (Wildman–Crippen MR) is 199 cm³/mol. The van der Waals surface area contributed by atoms with E-state index in [0.29, 0.717) is 119 Å². The lowest BCUT2D eigenvalue weighted by molar-refractivity contribution is 0.0177. The summed E-state index contributed by atoms with van der Waals surface area (Å²) in [5.74, 6) is 2.26. The smallest absolute Gasteiger partial charge is 0.208 e. The van der Waals surface area contributed by atoms with Gasteiger partial charge >= 0.3 is 0 Å². The molecule has 0 aliphatic carbocycles. The van der Waals surface area contributed by atoms with Gasteiger partial charge in [0.05, 0.1) is 99.1 Å². The van der Waals surface area contributed by atoms with Crippen molar-refractivity contribution in [2.45, 2.75) is 14.7 Å². The van der Waals surface area contributed by atoms with Crippen molar-refractivity contribution in [1.82, 2.24) is 0 Å². The number of rotatable bonds is 33. The molecule has 290 valence electrons. The van der Waals surface area contributed by atoms with E-state index in [9.17, 15) is 0 Å². The second kappa shape index (κ2) is 29.5. The van der Waals surface area contributed by atoms with Crippen LogP contribution in [0.4, 0.5) is 0 Å². The maximum absolute atomic E-state index is 6.37. The molecule has 0 fully saturated rings. The summed E-state index contributed by atoms with van der Waals surface area (Å²) >= 11 is 0. The van der Waals surface area contributed by atoms with Gasteiger partial charge in [0.2, 0.25) is 14.7 Å². The Morgan fingerprint density at radius 3 is 0.808 bits per heavy atom. The van der Waals surface area contributed by atoms with Crippen molar-refractivity contribution in [2.75, 3.05) is 140 Å². The van der Waals surface area contributed by atoms with E-state index in [0.717, 1.165) is 31.9 Å². The fourth-order valence-electron chi connectivity index (χ4n) is 4.59. The lowest BCUT2D eigenvalue weighted by atomic mass is 10.3. The molecule has 0 spiro atoms. The van der Waals surface area contributed by atoms with Crippen molar-refractivity contribution in [3.63, 3.8) is 0 Å². The second-order valence-electron chi connectivity index (χ2n) is 10.8. The highest BCUT2D eigenvalue weighted by molar-refractivity contribution is 7.97. The molecule has 0 aromatic heterocycles. The van der Waals surface area contributed by atoms with Gasteiger partial charge < -0.3 is 56.8 Å². The summed E-state index contributed by atoms with van der Waals surface area (Å²) in [5, 5.41) is 0. The van der Waals surface area contributed by atoms with Crippen LogP contribution >= 0.6 is 0 Å². The van der Waals surface area contributed by atoms with Gasteiger partial charge in [-0.25, -0.2) is 0 Å². The second-order valence-corrected chi connectivity index (χ2v) is 12.8. The third kappa shape index (κ3) is 17.7. The molecule has 3 aromatic carbocycles. The highest BCUT2D eigenvalue weighted by atomic mass is 32.2. The Bertz CT molecular complexity index is 1140. The summed E-state index contributed by atoms with van der Waals surface area (Å²) in [5.41, 5.74) is 0. The molecule has 0 saturated heterocycles. The molecule has 3 aromatic rings. The zero-order valence-electron chi connectivity index (χ0n) is 31.0. The number of hydrogen-bond acceptors (Lipinski definition) is 12. The van der Waals surface area contributed by atoms with Crippen LogP contribution in [0.1, 0.15) is 0 Å². The molecule has 0 aliphatic heterocycles. The van der Waals surface area contributed by atoms with E-state index in [1.165, 1.54) is 0 Å². The minimum Gasteiger partial charge on any atom is -0.486 e. The minimum absolute atomic E-state index is 0.377. The molecular formula is C39H57O12S+. The van der Waals surface area contributed by atoms with Gasteiger partial charge in [0, 0.05) is 21.3 Å². The molecule has 0 heterocycles. The summed E-state index contributed by atoms with van der Waals surface area (Å²) in [4.78, 5) is 2.98. The molecule has 0 radical (unpaired) electrons. The molecule has 3 rings (SSSR count). The first-order valence-corrected chi connectivity index (χ1v) is 18.9. The lowest BCUT2D eigenvalue weighted by Gasteiger charge is -2.17. The van der Waals surface area contributed by atoms with E-state index in [4.69, 9.17) is 56.8 Å².